The summed E-state index contributed by atoms with van der Waals surface area (Å²) in [6.07, 6.45) is -0.494. The van der Waals surface area contributed by atoms with Crippen LogP contribution in [0.25, 0.3) is 16.9 Å². The van der Waals surface area contributed by atoms with Gasteiger partial charge in [-0.05, 0) is 31.4 Å². The topological polar surface area (TPSA) is 179 Å². The number of benzene rings is 1. The maximum atomic E-state index is 13.3. The Hall–Kier alpha value is -4.70. The van der Waals surface area contributed by atoms with Crippen LogP contribution in [0.4, 0.5) is 13.2 Å². The number of esters is 2. The maximum absolute atomic E-state index is 13.3. The Kier molecular flexibility index (Phi) is 9.04. The van der Waals surface area contributed by atoms with Crippen molar-refractivity contribution in [3.63, 3.8) is 0 Å². The van der Waals surface area contributed by atoms with Crippen molar-refractivity contribution in [2.75, 3.05) is 19.8 Å². The molecule has 13 nitrogen and oxygen atoms in total. The zero-order valence-electron chi connectivity index (χ0n) is 21.1. The van der Waals surface area contributed by atoms with E-state index in [9.17, 15) is 33.0 Å². The second kappa shape index (κ2) is 12.6. The molecular weight excluding hydrogens is 557 g/mol. The van der Waals surface area contributed by atoms with Crippen LogP contribution in [0.1, 0.15) is 35.3 Å². The number of carbonyl (C=O) groups excluding carboxylic acids is 2. The van der Waals surface area contributed by atoms with Gasteiger partial charge in [-0.1, -0.05) is 5.16 Å². The number of aromatic hydroxyl groups is 1. The first-order valence-corrected chi connectivity index (χ1v) is 12.1. The van der Waals surface area contributed by atoms with Gasteiger partial charge in [0.2, 0.25) is 5.65 Å². The third-order valence-corrected chi connectivity index (χ3v) is 5.63. The van der Waals surface area contributed by atoms with E-state index in [0.29, 0.717) is 12.8 Å². The third-order valence-electron chi connectivity index (χ3n) is 5.63. The Morgan fingerprint density at radius 1 is 1.12 bits per heavy atom. The molecule has 0 fully saturated rings. The number of hydrogen-bond donors (Lipinski definition) is 3. The fourth-order valence-electron chi connectivity index (χ4n) is 3.67. The Bertz CT molecular complexity index is 1520. The van der Waals surface area contributed by atoms with Gasteiger partial charge in [-0.2, -0.15) is 13.2 Å². The number of rotatable bonds is 12. The molecule has 1 aromatic carbocycles. The maximum Gasteiger partial charge on any atom is 0.437 e. The molecular formula is C25H23F3N4O9. The van der Waals surface area contributed by atoms with Gasteiger partial charge in [0, 0.05) is 25.1 Å². The summed E-state index contributed by atoms with van der Waals surface area (Å²) in [5.41, 5.74) is -1.73. The molecule has 0 aliphatic carbocycles. The van der Waals surface area contributed by atoms with Gasteiger partial charge in [0.05, 0.1) is 17.5 Å². The average molecular weight is 580 g/mol. The number of fused-ring (bicyclic) bond motifs is 1. The second-order valence-corrected chi connectivity index (χ2v) is 8.46. The lowest BCUT2D eigenvalue weighted by Gasteiger charge is -2.11. The fourth-order valence-corrected chi connectivity index (χ4v) is 3.67. The fraction of sp³-hybridized carbons (Fsp3) is 0.320. The van der Waals surface area contributed by atoms with Crippen LogP contribution < -0.4 is 4.74 Å². The van der Waals surface area contributed by atoms with E-state index < -0.39 is 35.7 Å². The number of unbranched alkanes of at least 4 members (excludes halogenated alkanes) is 1. The molecule has 3 aromatic heterocycles. The van der Waals surface area contributed by atoms with Crippen molar-refractivity contribution in [2.45, 2.75) is 31.5 Å². The monoisotopic (exact) mass is 580 g/mol. The molecule has 4 aromatic rings. The number of nitrogens with zero attached hydrogens (tertiary/aromatic N) is 4. The van der Waals surface area contributed by atoms with E-state index in [1.807, 2.05) is 0 Å². The van der Waals surface area contributed by atoms with E-state index in [1.54, 1.807) is 0 Å². The van der Waals surface area contributed by atoms with Crippen LogP contribution in [0.15, 0.2) is 47.6 Å². The molecule has 0 aliphatic heterocycles. The summed E-state index contributed by atoms with van der Waals surface area (Å²) in [4.78, 5) is 32.1. The highest BCUT2D eigenvalue weighted by Crippen LogP contribution is 2.37. The van der Waals surface area contributed by atoms with Crippen molar-refractivity contribution < 1.29 is 56.8 Å². The summed E-state index contributed by atoms with van der Waals surface area (Å²) in [6, 6.07) is 3.61. The number of hydrogen-bond acceptors (Lipinski definition) is 12. The quantitative estimate of drug-likeness (QED) is 0.165. The normalized spacial score (nSPS) is 12.3. The van der Waals surface area contributed by atoms with Crippen LogP contribution in [-0.2, 0) is 20.4 Å². The lowest BCUT2D eigenvalue weighted by molar-refractivity contribution is -0.155. The summed E-state index contributed by atoms with van der Waals surface area (Å²) in [5.74, 6) is -2.42. The minimum absolute atomic E-state index is 0.0173. The molecule has 0 radical (unpaired) electrons. The van der Waals surface area contributed by atoms with Crippen molar-refractivity contribution >= 4 is 17.6 Å². The number of phenolic OH excluding ortho intramolecular Hbond substituents is 1. The standard InChI is InChI=1S/C25H23F3N4O9/c26-25(27,28)20-16(13-40-31-20)17-12-30-21-22(29-6-7-32(17)21)41-14-4-5-15(19(35)11-14)23(36)38-9-10-39-24(37)18(34)3-1-2-8-33/h4-7,11-13,18,33-35H,1-3,8-10H2/t18-/m0/s1. The van der Waals surface area contributed by atoms with Crippen molar-refractivity contribution in [2.24, 2.45) is 0 Å². The van der Waals surface area contributed by atoms with E-state index in [2.05, 4.69) is 19.6 Å². The molecule has 0 aliphatic rings. The lowest BCUT2D eigenvalue weighted by Crippen LogP contribution is -2.25. The van der Waals surface area contributed by atoms with Crippen LogP contribution in [-0.4, -0.2) is 72.7 Å². The minimum Gasteiger partial charge on any atom is -0.507 e. The molecule has 0 saturated heterocycles. The molecule has 3 N–H and O–H groups in total. The number of imidazole rings is 1. The number of carbonyl (C=O) groups is 2. The van der Waals surface area contributed by atoms with Gasteiger partial charge in [-0.3, -0.25) is 4.40 Å². The molecule has 0 unspecified atom stereocenters. The van der Waals surface area contributed by atoms with Crippen molar-refractivity contribution in [1.82, 2.24) is 19.5 Å². The van der Waals surface area contributed by atoms with E-state index in [4.69, 9.17) is 19.3 Å². The molecule has 16 heteroatoms. The number of aliphatic hydroxyl groups is 2. The van der Waals surface area contributed by atoms with Crippen LogP contribution in [0.2, 0.25) is 0 Å². The number of aliphatic hydroxyl groups excluding tert-OH is 2. The third kappa shape index (κ3) is 6.90. The van der Waals surface area contributed by atoms with Crippen molar-refractivity contribution in [3.8, 4) is 28.6 Å². The molecule has 3 heterocycles. The van der Waals surface area contributed by atoms with Crippen molar-refractivity contribution in [3.05, 3.63) is 54.3 Å². The van der Waals surface area contributed by atoms with Gasteiger partial charge >= 0.3 is 18.1 Å². The zero-order valence-corrected chi connectivity index (χ0v) is 21.1. The molecule has 41 heavy (non-hydrogen) atoms. The first-order valence-electron chi connectivity index (χ1n) is 12.1. The van der Waals surface area contributed by atoms with Crippen LogP contribution >= 0.6 is 0 Å². The Labute approximate surface area is 228 Å². The molecule has 218 valence electrons. The van der Waals surface area contributed by atoms with Gasteiger partial charge in [-0.25, -0.2) is 19.6 Å². The van der Waals surface area contributed by atoms with Crippen LogP contribution in [0.3, 0.4) is 0 Å². The molecule has 1 atom stereocenters. The minimum atomic E-state index is -4.76. The molecule has 4 rings (SSSR count). The summed E-state index contributed by atoms with van der Waals surface area (Å²) in [6.45, 7) is -0.733. The predicted molar refractivity (Wildman–Crippen MR) is 130 cm³/mol. The van der Waals surface area contributed by atoms with Crippen LogP contribution in [0, 0.1) is 0 Å². The van der Waals surface area contributed by atoms with Crippen molar-refractivity contribution in [1.29, 1.82) is 0 Å². The van der Waals surface area contributed by atoms with Gasteiger partial charge in [-0.15, -0.1) is 0 Å². The lowest BCUT2D eigenvalue weighted by atomic mass is 10.1. The number of alkyl halides is 3. The molecule has 0 bridgehead atoms. The number of ether oxygens (including phenoxy) is 3. The number of halogens is 3. The number of aromatic nitrogens is 4. The largest absolute Gasteiger partial charge is 0.507 e. The van der Waals surface area contributed by atoms with Gasteiger partial charge in [0.25, 0.3) is 5.88 Å². The SMILES string of the molecule is O=C(OCCOC(=O)[C@@H](O)CCCCO)c1ccc(Oc2nccn3c(-c4conc4C(F)(F)F)cnc23)cc1O. The second-order valence-electron chi connectivity index (χ2n) is 8.46. The molecule has 0 spiro atoms. The highest BCUT2D eigenvalue weighted by atomic mass is 19.4. The van der Waals surface area contributed by atoms with Gasteiger partial charge in [0.15, 0.2) is 11.8 Å². The average Bonchev–Trinajstić information content (AvgIpc) is 3.59. The molecule has 0 saturated carbocycles. The first kappa shape index (κ1) is 29.3. The number of phenols is 1. The summed E-state index contributed by atoms with van der Waals surface area (Å²) in [5, 5.41) is 31.8. The van der Waals surface area contributed by atoms with Gasteiger partial charge in [0.1, 0.15) is 36.5 Å². The van der Waals surface area contributed by atoms with Crippen LogP contribution in [0.5, 0.6) is 17.4 Å². The first-order chi connectivity index (χ1) is 19.6. The summed E-state index contributed by atoms with van der Waals surface area (Å²) >= 11 is 0. The van der Waals surface area contributed by atoms with E-state index in [0.717, 1.165) is 18.5 Å². The highest BCUT2D eigenvalue weighted by Gasteiger charge is 2.38. The Morgan fingerprint density at radius 3 is 2.63 bits per heavy atom. The smallest absolute Gasteiger partial charge is 0.437 e. The zero-order chi connectivity index (χ0) is 29.6. The Balaban J connectivity index is 1.38. The summed E-state index contributed by atoms with van der Waals surface area (Å²) in [7, 11) is 0. The molecule has 0 amide bonds. The van der Waals surface area contributed by atoms with E-state index in [1.165, 1.54) is 28.9 Å². The Morgan fingerprint density at radius 2 is 1.90 bits per heavy atom. The summed E-state index contributed by atoms with van der Waals surface area (Å²) < 4.78 is 61.1. The highest BCUT2D eigenvalue weighted by molar-refractivity contribution is 5.92. The van der Waals surface area contributed by atoms with Gasteiger partial charge < -0.3 is 34.1 Å². The predicted octanol–water partition coefficient (Wildman–Crippen LogP) is 3.12. The van der Waals surface area contributed by atoms with E-state index >= 15 is 0 Å². The van der Waals surface area contributed by atoms with E-state index in [-0.39, 0.29) is 60.3 Å².